The average Bonchev–Trinajstić information content (AvgIpc) is 3.30. The van der Waals surface area contributed by atoms with E-state index in [0.29, 0.717) is 20.6 Å². The van der Waals surface area contributed by atoms with Crippen LogP contribution in [-0.4, -0.2) is 41.0 Å². The van der Waals surface area contributed by atoms with Crippen LogP contribution in [0.5, 0.6) is 0 Å². The summed E-state index contributed by atoms with van der Waals surface area (Å²) < 4.78 is 9.14. The number of hydrogen-bond acceptors (Lipinski definition) is 7. The minimum absolute atomic E-state index is 0.200. The smallest absolute Gasteiger partial charge is 0.338 e. The molecule has 1 aliphatic heterocycles. The van der Waals surface area contributed by atoms with Crippen molar-refractivity contribution in [3.05, 3.63) is 78.7 Å². The average molecular weight is 452 g/mol. The van der Waals surface area contributed by atoms with Crippen LogP contribution < -0.4 is 19.8 Å². The van der Waals surface area contributed by atoms with E-state index in [4.69, 9.17) is 4.74 Å². The molecule has 0 saturated carbocycles. The van der Waals surface area contributed by atoms with E-state index in [9.17, 15) is 9.59 Å². The molecule has 0 bridgehead atoms. The topological polar surface area (TPSA) is 81.7 Å². The van der Waals surface area contributed by atoms with E-state index < -0.39 is 12.0 Å². The first kappa shape index (κ1) is 21.8. The second kappa shape index (κ2) is 8.58. The highest BCUT2D eigenvalue weighted by Gasteiger charge is 2.33. The molecule has 166 valence electrons. The molecule has 0 fully saturated rings. The van der Waals surface area contributed by atoms with Crippen LogP contribution in [0.25, 0.3) is 6.08 Å². The number of allylic oxidation sites excluding steroid dienone is 1. The van der Waals surface area contributed by atoms with Gasteiger partial charge in [-0.2, -0.15) is 5.10 Å². The molecule has 1 atom stereocenters. The van der Waals surface area contributed by atoms with Gasteiger partial charge in [0.1, 0.15) is 0 Å². The number of thiazole rings is 1. The highest BCUT2D eigenvalue weighted by molar-refractivity contribution is 7.07. The minimum Gasteiger partial charge on any atom is -0.463 e. The molecule has 4 rings (SSSR count). The Labute approximate surface area is 189 Å². The summed E-state index contributed by atoms with van der Waals surface area (Å²) in [5, 5.41) is 4.16. The number of carbonyl (C=O) groups is 1. The van der Waals surface area contributed by atoms with Crippen LogP contribution >= 0.6 is 11.3 Å². The molecule has 0 amide bonds. The number of ether oxygens (including phenoxy) is 1. The molecule has 32 heavy (non-hydrogen) atoms. The van der Waals surface area contributed by atoms with Gasteiger partial charge < -0.3 is 9.64 Å². The van der Waals surface area contributed by atoms with Crippen molar-refractivity contribution in [3.8, 4) is 0 Å². The van der Waals surface area contributed by atoms with Crippen molar-refractivity contribution in [2.75, 3.05) is 25.6 Å². The number of rotatable bonds is 5. The fourth-order valence-electron chi connectivity index (χ4n) is 3.73. The molecule has 0 saturated heterocycles. The zero-order valence-corrected chi connectivity index (χ0v) is 19.5. The molecule has 1 aromatic carbocycles. The first-order valence-corrected chi connectivity index (χ1v) is 11.1. The number of carbonyl (C=O) groups excluding carboxylic acids is 1. The molecule has 1 unspecified atom stereocenters. The maximum atomic E-state index is 13.5. The Bertz CT molecular complexity index is 1380. The van der Waals surface area contributed by atoms with Crippen LogP contribution in [0.15, 0.2) is 57.7 Å². The Morgan fingerprint density at radius 1 is 1.28 bits per heavy atom. The highest BCUT2D eigenvalue weighted by Crippen LogP contribution is 2.31. The summed E-state index contributed by atoms with van der Waals surface area (Å²) in [6, 6.07) is 7.21. The van der Waals surface area contributed by atoms with Gasteiger partial charge in [0, 0.05) is 38.6 Å². The number of fused-ring (bicyclic) bond motifs is 1. The van der Waals surface area contributed by atoms with Gasteiger partial charge in [0.05, 0.1) is 34.6 Å². The normalized spacial score (nSPS) is 16.0. The summed E-state index contributed by atoms with van der Waals surface area (Å²) >= 11 is 1.30. The number of aromatic nitrogens is 3. The van der Waals surface area contributed by atoms with Gasteiger partial charge in [0.2, 0.25) is 0 Å². The van der Waals surface area contributed by atoms with Gasteiger partial charge in [-0.15, -0.1) is 0 Å². The maximum Gasteiger partial charge on any atom is 0.338 e. The third kappa shape index (κ3) is 3.91. The summed E-state index contributed by atoms with van der Waals surface area (Å²) in [6.07, 6.45) is 5.34. The van der Waals surface area contributed by atoms with E-state index in [0.717, 1.165) is 16.8 Å². The second-order valence-electron chi connectivity index (χ2n) is 7.74. The number of hydrogen-bond donors (Lipinski definition) is 0. The molecule has 0 radical (unpaired) electrons. The molecule has 0 aliphatic carbocycles. The van der Waals surface area contributed by atoms with Crippen molar-refractivity contribution in [2.24, 2.45) is 12.0 Å². The predicted octanol–water partition coefficient (Wildman–Crippen LogP) is 1.60. The summed E-state index contributed by atoms with van der Waals surface area (Å²) in [6.45, 7) is 3.79. The number of esters is 1. The maximum absolute atomic E-state index is 13.5. The van der Waals surface area contributed by atoms with Crippen LogP contribution in [0.3, 0.4) is 0 Å². The first-order chi connectivity index (χ1) is 15.3. The van der Waals surface area contributed by atoms with E-state index >= 15 is 0 Å². The molecule has 1 aliphatic rings. The third-order valence-corrected chi connectivity index (χ3v) is 6.25. The van der Waals surface area contributed by atoms with E-state index in [2.05, 4.69) is 10.1 Å². The summed E-state index contributed by atoms with van der Waals surface area (Å²) in [5.74, 6) is -0.461. The largest absolute Gasteiger partial charge is 0.463 e. The van der Waals surface area contributed by atoms with Gasteiger partial charge in [-0.1, -0.05) is 23.5 Å². The van der Waals surface area contributed by atoms with Crippen LogP contribution in [0.2, 0.25) is 0 Å². The fraction of sp³-hybridized carbons (Fsp3) is 0.304. The Hall–Kier alpha value is -3.46. The second-order valence-corrected chi connectivity index (χ2v) is 8.74. The molecular weight excluding hydrogens is 426 g/mol. The Balaban J connectivity index is 1.93. The Morgan fingerprint density at radius 2 is 2.00 bits per heavy atom. The molecule has 0 N–H and O–H groups in total. The third-order valence-electron chi connectivity index (χ3n) is 5.26. The number of nitrogens with zero attached hydrogens (tertiary/aromatic N) is 5. The number of aryl methyl sites for hydroxylation is 1. The van der Waals surface area contributed by atoms with E-state index in [1.807, 2.05) is 56.5 Å². The molecule has 8 nitrogen and oxygen atoms in total. The first-order valence-electron chi connectivity index (χ1n) is 10.3. The quantitative estimate of drug-likeness (QED) is 0.551. The van der Waals surface area contributed by atoms with Gasteiger partial charge in [-0.25, -0.2) is 9.79 Å². The van der Waals surface area contributed by atoms with E-state index in [1.165, 1.54) is 11.3 Å². The van der Waals surface area contributed by atoms with Gasteiger partial charge in [0.15, 0.2) is 4.80 Å². The fourth-order valence-corrected chi connectivity index (χ4v) is 4.77. The lowest BCUT2D eigenvalue weighted by atomic mass is 9.95. The molecule has 3 aromatic rings. The lowest BCUT2D eigenvalue weighted by Crippen LogP contribution is -2.39. The van der Waals surface area contributed by atoms with Crippen LogP contribution in [-0.2, 0) is 16.6 Å². The summed E-state index contributed by atoms with van der Waals surface area (Å²) in [7, 11) is 5.75. The molecule has 0 spiro atoms. The minimum atomic E-state index is -0.613. The van der Waals surface area contributed by atoms with Crippen molar-refractivity contribution in [2.45, 2.75) is 19.9 Å². The standard InChI is InChI=1S/C23H25N5O3S/c1-6-31-22(30)19-14(2)25-23-28(20(19)16-7-9-17(10-8-16)26(3)4)21(29)18(32-23)11-15-12-24-27(5)13-15/h7-13,20H,6H2,1-5H3/b18-11-. The van der Waals surface area contributed by atoms with Gasteiger partial charge >= 0.3 is 5.97 Å². The lowest BCUT2D eigenvalue weighted by Gasteiger charge is -2.25. The molecule has 3 heterocycles. The monoisotopic (exact) mass is 451 g/mol. The van der Waals surface area contributed by atoms with E-state index in [1.54, 1.807) is 35.4 Å². The molecule has 9 heteroatoms. The van der Waals surface area contributed by atoms with Crippen molar-refractivity contribution in [3.63, 3.8) is 0 Å². The van der Waals surface area contributed by atoms with Gasteiger partial charge in [0.25, 0.3) is 5.56 Å². The molecular formula is C23H25N5O3S. The van der Waals surface area contributed by atoms with E-state index in [-0.39, 0.29) is 12.2 Å². The van der Waals surface area contributed by atoms with Crippen molar-refractivity contribution < 1.29 is 9.53 Å². The lowest BCUT2D eigenvalue weighted by molar-refractivity contribution is -0.139. The van der Waals surface area contributed by atoms with Gasteiger partial charge in [-0.05, 0) is 37.6 Å². The zero-order valence-electron chi connectivity index (χ0n) is 18.7. The summed E-state index contributed by atoms with van der Waals surface area (Å²) in [5.41, 5.74) is 3.40. The van der Waals surface area contributed by atoms with Crippen LogP contribution in [0.1, 0.15) is 31.0 Å². The van der Waals surface area contributed by atoms with Crippen LogP contribution in [0, 0.1) is 0 Å². The van der Waals surface area contributed by atoms with Crippen LogP contribution in [0.4, 0.5) is 5.69 Å². The number of benzene rings is 1. The number of anilines is 1. The Morgan fingerprint density at radius 3 is 2.59 bits per heavy atom. The molecule has 2 aromatic heterocycles. The van der Waals surface area contributed by atoms with Crippen molar-refractivity contribution >= 4 is 29.1 Å². The van der Waals surface area contributed by atoms with Crippen molar-refractivity contribution in [1.82, 2.24) is 14.3 Å². The van der Waals surface area contributed by atoms with Gasteiger partial charge in [-0.3, -0.25) is 14.0 Å². The predicted molar refractivity (Wildman–Crippen MR) is 124 cm³/mol. The SMILES string of the molecule is CCOC(=O)C1=C(C)N=c2s/c(=C\c3cnn(C)c3)c(=O)n2C1c1ccc(N(C)C)cc1. The summed E-state index contributed by atoms with van der Waals surface area (Å²) in [4.78, 5) is 33.5. The Kier molecular flexibility index (Phi) is 5.84. The van der Waals surface area contributed by atoms with Crippen molar-refractivity contribution in [1.29, 1.82) is 0 Å². The highest BCUT2D eigenvalue weighted by atomic mass is 32.1. The zero-order chi connectivity index (χ0) is 23.0.